The number of hydrogen-bond acceptors (Lipinski definition) is 2. The highest BCUT2D eigenvalue weighted by Crippen LogP contribution is 2.14. The van der Waals surface area contributed by atoms with E-state index in [-0.39, 0.29) is 6.61 Å². The van der Waals surface area contributed by atoms with Gasteiger partial charge in [-0.2, -0.15) is 5.10 Å². The van der Waals surface area contributed by atoms with E-state index in [1.54, 1.807) is 17.1 Å². The van der Waals surface area contributed by atoms with Crippen molar-refractivity contribution >= 4 is 11.6 Å². The molecule has 0 atom stereocenters. The average molecular weight is 239 g/mol. The maximum atomic E-state index is 8.87. The topological polar surface area (TPSA) is 38.1 Å². The summed E-state index contributed by atoms with van der Waals surface area (Å²) in [4.78, 5) is 0. The molecule has 2 aromatic rings. The van der Waals surface area contributed by atoms with Gasteiger partial charge < -0.3 is 5.11 Å². The standard InChI is InChI=1S/C10H9ClN2O.C2H6/c11-9-2-1-3-10(4-9)13-6-8(7-14)5-12-13;1-2/h1-6,14H,7H2;1-2H3. The highest BCUT2D eigenvalue weighted by atomic mass is 35.5. The maximum absolute atomic E-state index is 8.87. The summed E-state index contributed by atoms with van der Waals surface area (Å²) in [6.07, 6.45) is 3.40. The molecular formula is C12H15ClN2O. The summed E-state index contributed by atoms with van der Waals surface area (Å²) in [7, 11) is 0. The smallest absolute Gasteiger partial charge is 0.0712 e. The molecule has 1 N–H and O–H groups in total. The molecule has 0 saturated heterocycles. The van der Waals surface area contributed by atoms with Crippen LogP contribution in [0.5, 0.6) is 0 Å². The molecule has 0 saturated carbocycles. The van der Waals surface area contributed by atoms with Crippen LogP contribution in [0, 0.1) is 0 Å². The van der Waals surface area contributed by atoms with Crippen molar-refractivity contribution < 1.29 is 5.11 Å². The van der Waals surface area contributed by atoms with Crippen LogP contribution in [-0.4, -0.2) is 14.9 Å². The number of nitrogens with zero attached hydrogens (tertiary/aromatic N) is 2. The summed E-state index contributed by atoms with van der Waals surface area (Å²) in [5.41, 5.74) is 1.67. The van der Waals surface area contributed by atoms with Gasteiger partial charge in [0.25, 0.3) is 0 Å². The highest BCUT2D eigenvalue weighted by molar-refractivity contribution is 6.30. The largest absolute Gasteiger partial charge is 0.392 e. The van der Waals surface area contributed by atoms with Crippen LogP contribution < -0.4 is 0 Å². The SMILES string of the molecule is CC.OCc1cnn(-c2cccc(Cl)c2)c1. The molecule has 0 bridgehead atoms. The normalized spacial score (nSPS) is 9.50. The summed E-state index contributed by atoms with van der Waals surface area (Å²) >= 11 is 5.84. The van der Waals surface area contributed by atoms with E-state index >= 15 is 0 Å². The summed E-state index contributed by atoms with van der Waals surface area (Å²) in [6, 6.07) is 7.38. The van der Waals surface area contributed by atoms with Gasteiger partial charge >= 0.3 is 0 Å². The lowest BCUT2D eigenvalue weighted by Gasteiger charge is -2.00. The Kier molecular flexibility index (Phi) is 5.02. The predicted molar refractivity (Wildman–Crippen MR) is 65.8 cm³/mol. The summed E-state index contributed by atoms with van der Waals surface area (Å²) in [5, 5.41) is 13.6. The van der Waals surface area contributed by atoms with Crippen LogP contribution in [0.15, 0.2) is 36.7 Å². The lowest BCUT2D eigenvalue weighted by Crippen LogP contribution is -1.93. The molecule has 1 aromatic heterocycles. The summed E-state index contributed by atoms with van der Waals surface area (Å²) in [6.45, 7) is 4.00. The first-order valence-electron chi connectivity index (χ1n) is 5.20. The fourth-order valence-corrected chi connectivity index (χ4v) is 1.39. The molecule has 86 valence electrons. The van der Waals surface area contributed by atoms with Crippen LogP contribution in [0.4, 0.5) is 0 Å². The molecule has 0 aliphatic heterocycles. The van der Waals surface area contributed by atoms with Gasteiger partial charge in [0.1, 0.15) is 0 Å². The van der Waals surface area contributed by atoms with Crippen LogP contribution >= 0.6 is 11.6 Å². The van der Waals surface area contributed by atoms with Crippen molar-refractivity contribution in [3.8, 4) is 5.69 Å². The molecule has 0 fully saturated rings. The molecule has 1 aromatic carbocycles. The Labute approximate surface area is 100 Å². The van der Waals surface area contributed by atoms with Crippen LogP contribution in [0.1, 0.15) is 19.4 Å². The highest BCUT2D eigenvalue weighted by Gasteiger charge is 1.99. The molecule has 0 unspecified atom stereocenters. The van der Waals surface area contributed by atoms with Crippen molar-refractivity contribution in [2.75, 3.05) is 0 Å². The van der Waals surface area contributed by atoms with Gasteiger partial charge in [-0.05, 0) is 18.2 Å². The van der Waals surface area contributed by atoms with E-state index in [0.29, 0.717) is 5.02 Å². The number of aromatic nitrogens is 2. The van der Waals surface area contributed by atoms with Gasteiger partial charge in [-0.15, -0.1) is 0 Å². The van der Waals surface area contributed by atoms with E-state index in [0.717, 1.165) is 11.3 Å². The number of aliphatic hydroxyl groups is 1. The number of rotatable bonds is 2. The van der Waals surface area contributed by atoms with Gasteiger partial charge in [-0.3, -0.25) is 0 Å². The second-order valence-corrected chi connectivity index (χ2v) is 3.37. The fraction of sp³-hybridized carbons (Fsp3) is 0.250. The first-order chi connectivity index (χ1) is 7.79. The lowest BCUT2D eigenvalue weighted by atomic mass is 10.3. The molecule has 0 aliphatic carbocycles. The van der Waals surface area contributed by atoms with Gasteiger partial charge in [0.2, 0.25) is 0 Å². The second-order valence-electron chi connectivity index (χ2n) is 2.93. The zero-order chi connectivity index (χ0) is 12.0. The Morgan fingerprint density at radius 2 is 2.12 bits per heavy atom. The van der Waals surface area contributed by atoms with E-state index in [4.69, 9.17) is 16.7 Å². The monoisotopic (exact) mass is 238 g/mol. The van der Waals surface area contributed by atoms with Crippen LogP contribution in [0.2, 0.25) is 5.02 Å². The second kappa shape index (κ2) is 6.30. The minimum Gasteiger partial charge on any atom is -0.392 e. The van der Waals surface area contributed by atoms with Gasteiger partial charge in [-0.25, -0.2) is 4.68 Å². The van der Waals surface area contributed by atoms with Crippen molar-refractivity contribution in [3.05, 3.63) is 47.2 Å². The Morgan fingerprint density at radius 3 is 2.69 bits per heavy atom. The van der Waals surface area contributed by atoms with Crippen LogP contribution in [0.25, 0.3) is 5.69 Å². The average Bonchev–Trinajstić information content (AvgIpc) is 2.80. The van der Waals surface area contributed by atoms with Gasteiger partial charge in [0.05, 0.1) is 18.5 Å². The van der Waals surface area contributed by atoms with Gasteiger partial charge in [-0.1, -0.05) is 31.5 Å². The van der Waals surface area contributed by atoms with Crippen LogP contribution in [0.3, 0.4) is 0 Å². The molecule has 4 heteroatoms. The molecule has 0 radical (unpaired) electrons. The minimum atomic E-state index is 0.000561. The first kappa shape index (κ1) is 12.7. The third-order valence-electron chi connectivity index (χ3n) is 1.89. The quantitative estimate of drug-likeness (QED) is 0.873. The Balaban J connectivity index is 0.000000606. The molecule has 3 nitrogen and oxygen atoms in total. The molecule has 0 spiro atoms. The number of hydrogen-bond donors (Lipinski definition) is 1. The predicted octanol–water partition coefficient (Wildman–Crippen LogP) is 3.04. The van der Waals surface area contributed by atoms with Crippen molar-refractivity contribution in [1.82, 2.24) is 9.78 Å². The minimum absolute atomic E-state index is 0.000561. The van der Waals surface area contributed by atoms with Crippen molar-refractivity contribution in [2.45, 2.75) is 20.5 Å². The Hall–Kier alpha value is -1.32. The third-order valence-corrected chi connectivity index (χ3v) is 2.13. The number of benzene rings is 1. The summed E-state index contributed by atoms with van der Waals surface area (Å²) < 4.78 is 1.68. The van der Waals surface area contributed by atoms with Crippen molar-refractivity contribution in [1.29, 1.82) is 0 Å². The van der Waals surface area contributed by atoms with Crippen molar-refractivity contribution in [2.24, 2.45) is 0 Å². The first-order valence-corrected chi connectivity index (χ1v) is 5.58. The van der Waals surface area contributed by atoms with Crippen molar-refractivity contribution in [3.63, 3.8) is 0 Å². The zero-order valence-electron chi connectivity index (χ0n) is 9.39. The molecular weight excluding hydrogens is 224 g/mol. The van der Waals surface area contributed by atoms with Gasteiger partial charge in [0.15, 0.2) is 0 Å². The van der Waals surface area contributed by atoms with Crippen LogP contribution in [-0.2, 0) is 6.61 Å². The number of halogens is 1. The molecule has 0 amide bonds. The molecule has 1 heterocycles. The zero-order valence-corrected chi connectivity index (χ0v) is 10.1. The van der Waals surface area contributed by atoms with E-state index in [2.05, 4.69) is 5.10 Å². The van der Waals surface area contributed by atoms with Gasteiger partial charge in [0, 0.05) is 16.8 Å². The summed E-state index contributed by atoms with van der Waals surface area (Å²) in [5.74, 6) is 0. The molecule has 2 rings (SSSR count). The third kappa shape index (κ3) is 3.08. The fourth-order valence-electron chi connectivity index (χ4n) is 1.20. The van der Waals surface area contributed by atoms with E-state index in [1.165, 1.54) is 0 Å². The molecule has 16 heavy (non-hydrogen) atoms. The van der Waals surface area contributed by atoms with E-state index < -0.39 is 0 Å². The van der Waals surface area contributed by atoms with E-state index in [1.807, 2.05) is 38.1 Å². The number of aliphatic hydroxyl groups excluding tert-OH is 1. The van der Waals surface area contributed by atoms with E-state index in [9.17, 15) is 0 Å². The maximum Gasteiger partial charge on any atom is 0.0712 e. The Bertz CT molecular complexity index is 440. The Morgan fingerprint density at radius 1 is 1.38 bits per heavy atom. The lowest BCUT2D eigenvalue weighted by molar-refractivity contribution is 0.282. The molecule has 0 aliphatic rings.